The molecule has 2 rings (SSSR count). The largest absolute Gasteiger partial charge is 0.395 e. The van der Waals surface area contributed by atoms with Gasteiger partial charge < -0.3 is 10.0 Å². The summed E-state index contributed by atoms with van der Waals surface area (Å²) in [5, 5.41) is 15.1. The zero-order chi connectivity index (χ0) is 14.4. The Morgan fingerprint density at radius 3 is 3.10 bits per heavy atom. The Kier molecular flexibility index (Phi) is 4.87. The van der Waals surface area contributed by atoms with E-state index in [1.54, 1.807) is 18.0 Å². The van der Waals surface area contributed by atoms with Crippen LogP contribution in [0.25, 0.3) is 0 Å². The van der Waals surface area contributed by atoms with Crippen LogP contribution in [0.5, 0.6) is 0 Å². The van der Waals surface area contributed by atoms with Gasteiger partial charge in [-0.1, -0.05) is 11.8 Å². The lowest BCUT2D eigenvalue weighted by Gasteiger charge is -2.13. The van der Waals surface area contributed by atoms with E-state index in [1.807, 2.05) is 6.07 Å². The summed E-state index contributed by atoms with van der Waals surface area (Å²) in [6.07, 6.45) is 1.85. The van der Waals surface area contributed by atoms with E-state index >= 15 is 0 Å². The number of aromatic nitrogens is 3. The number of nitrogens with zero attached hydrogens (tertiary/aromatic N) is 3. The summed E-state index contributed by atoms with van der Waals surface area (Å²) in [6.45, 7) is 0.423. The van der Waals surface area contributed by atoms with Crippen molar-refractivity contribution in [3.63, 3.8) is 0 Å². The van der Waals surface area contributed by atoms with E-state index in [-0.39, 0.29) is 12.5 Å². The van der Waals surface area contributed by atoms with Crippen LogP contribution in [0.3, 0.4) is 0 Å². The molecule has 0 radical (unpaired) electrons. The second-order valence-electron chi connectivity index (χ2n) is 4.03. The van der Waals surface area contributed by atoms with Gasteiger partial charge in [0.1, 0.15) is 12.2 Å². The normalized spacial score (nSPS) is 9.90. The van der Waals surface area contributed by atoms with Crippen molar-refractivity contribution in [3.05, 3.63) is 34.0 Å². The maximum absolute atomic E-state index is 12.2. The molecule has 0 bridgehead atoms. The predicted molar refractivity (Wildman–Crippen MR) is 75.1 cm³/mol. The van der Waals surface area contributed by atoms with Crippen LogP contribution in [-0.2, 0) is 6.54 Å². The minimum atomic E-state index is -0.0818. The first-order chi connectivity index (χ1) is 9.70. The van der Waals surface area contributed by atoms with Crippen LogP contribution in [0.15, 0.2) is 18.5 Å². The number of carbonyl (C=O) groups excluding carboxylic acids is 1. The SMILES string of the molecule is CN(Cc1ncn[nH]1)C(=O)c1ccc(C#CCCO)s1. The third-order valence-electron chi connectivity index (χ3n) is 2.46. The molecule has 0 aliphatic rings. The van der Waals surface area contributed by atoms with Gasteiger partial charge in [-0.05, 0) is 12.1 Å². The summed E-state index contributed by atoms with van der Waals surface area (Å²) in [7, 11) is 1.71. The van der Waals surface area contributed by atoms with Crippen LogP contribution in [0.1, 0.15) is 26.8 Å². The Balaban J connectivity index is 2.00. The van der Waals surface area contributed by atoms with E-state index < -0.39 is 0 Å². The minimum absolute atomic E-state index is 0.0457. The zero-order valence-corrected chi connectivity index (χ0v) is 11.8. The monoisotopic (exact) mass is 290 g/mol. The molecule has 0 aliphatic heterocycles. The molecule has 6 nitrogen and oxygen atoms in total. The molecule has 0 fully saturated rings. The number of hydrogen-bond donors (Lipinski definition) is 2. The highest BCUT2D eigenvalue weighted by molar-refractivity contribution is 7.14. The third kappa shape index (κ3) is 3.66. The molecule has 104 valence electrons. The van der Waals surface area contributed by atoms with Gasteiger partial charge in [0.15, 0.2) is 0 Å². The van der Waals surface area contributed by atoms with Crippen LogP contribution in [0.2, 0.25) is 0 Å². The summed E-state index contributed by atoms with van der Waals surface area (Å²) >= 11 is 1.34. The lowest BCUT2D eigenvalue weighted by Crippen LogP contribution is -2.25. The molecule has 0 aliphatic carbocycles. The van der Waals surface area contributed by atoms with Gasteiger partial charge in [-0.25, -0.2) is 4.98 Å². The summed E-state index contributed by atoms with van der Waals surface area (Å²) in [5.74, 6) is 6.30. The second-order valence-corrected chi connectivity index (χ2v) is 5.12. The number of aromatic amines is 1. The van der Waals surface area contributed by atoms with Crippen LogP contribution < -0.4 is 0 Å². The maximum Gasteiger partial charge on any atom is 0.264 e. The number of carbonyl (C=O) groups is 1. The molecule has 2 aromatic heterocycles. The van der Waals surface area contributed by atoms with Gasteiger partial charge in [0.2, 0.25) is 0 Å². The molecule has 2 aromatic rings. The van der Waals surface area contributed by atoms with E-state index in [4.69, 9.17) is 5.11 Å². The zero-order valence-electron chi connectivity index (χ0n) is 11.0. The number of aliphatic hydroxyl groups excluding tert-OH is 1. The molecular formula is C13H14N4O2S. The van der Waals surface area contributed by atoms with Crippen molar-refractivity contribution in [2.75, 3.05) is 13.7 Å². The Morgan fingerprint density at radius 1 is 1.55 bits per heavy atom. The van der Waals surface area contributed by atoms with E-state index in [0.717, 1.165) is 4.88 Å². The number of amides is 1. The molecule has 7 heteroatoms. The van der Waals surface area contributed by atoms with Gasteiger partial charge in [0.25, 0.3) is 5.91 Å². The Bertz CT molecular complexity index is 624. The van der Waals surface area contributed by atoms with Gasteiger partial charge in [-0.2, -0.15) is 5.10 Å². The van der Waals surface area contributed by atoms with E-state index in [0.29, 0.717) is 23.7 Å². The van der Waals surface area contributed by atoms with Crippen molar-refractivity contribution in [3.8, 4) is 11.8 Å². The molecule has 0 unspecified atom stereocenters. The van der Waals surface area contributed by atoms with Gasteiger partial charge in [-0.15, -0.1) is 11.3 Å². The number of aliphatic hydroxyl groups is 1. The van der Waals surface area contributed by atoms with Crippen molar-refractivity contribution >= 4 is 17.2 Å². The van der Waals surface area contributed by atoms with Crippen molar-refractivity contribution in [1.29, 1.82) is 0 Å². The van der Waals surface area contributed by atoms with Crippen LogP contribution in [-0.4, -0.2) is 44.7 Å². The first-order valence-corrected chi connectivity index (χ1v) is 6.81. The lowest BCUT2D eigenvalue weighted by molar-refractivity contribution is 0.0786. The van der Waals surface area contributed by atoms with Gasteiger partial charge in [0.05, 0.1) is 22.9 Å². The predicted octanol–water partition coefficient (Wildman–Crippen LogP) is 0.872. The highest BCUT2D eigenvalue weighted by atomic mass is 32.1. The number of H-pyrrole nitrogens is 1. The third-order valence-corrected chi connectivity index (χ3v) is 3.45. The number of nitrogens with one attached hydrogen (secondary N) is 1. The molecule has 20 heavy (non-hydrogen) atoms. The average molecular weight is 290 g/mol. The molecule has 0 spiro atoms. The summed E-state index contributed by atoms with van der Waals surface area (Å²) in [4.78, 5) is 19.2. The number of thiophene rings is 1. The Labute approximate surface area is 120 Å². The molecule has 0 atom stereocenters. The number of hydrogen-bond acceptors (Lipinski definition) is 5. The van der Waals surface area contributed by atoms with E-state index in [2.05, 4.69) is 27.0 Å². The lowest BCUT2D eigenvalue weighted by atomic mass is 10.3. The fraction of sp³-hybridized carbons (Fsp3) is 0.308. The van der Waals surface area contributed by atoms with Crippen molar-refractivity contribution in [1.82, 2.24) is 20.1 Å². The quantitative estimate of drug-likeness (QED) is 0.819. The van der Waals surface area contributed by atoms with Gasteiger partial charge in [-0.3, -0.25) is 9.89 Å². The fourth-order valence-electron chi connectivity index (χ4n) is 1.52. The van der Waals surface area contributed by atoms with Crippen LogP contribution in [0, 0.1) is 11.8 Å². The van der Waals surface area contributed by atoms with Gasteiger partial charge in [0, 0.05) is 13.5 Å². The first kappa shape index (κ1) is 14.2. The molecule has 2 N–H and O–H groups in total. The minimum Gasteiger partial charge on any atom is -0.395 e. The summed E-state index contributed by atoms with van der Waals surface area (Å²) in [6, 6.07) is 3.57. The van der Waals surface area contributed by atoms with Crippen molar-refractivity contribution < 1.29 is 9.90 Å². The molecular weight excluding hydrogens is 276 g/mol. The molecule has 0 saturated heterocycles. The summed E-state index contributed by atoms with van der Waals surface area (Å²) in [5.41, 5.74) is 0. The van der Waals surface area contributed by atoms with Crippen molar-refractivity contribution in [2.24, 2.45) is 0 Å². The summed E-state index contributed by atoms with van der Waals surface area (Å²) < 4.78 is 0. The van der Waals surface area contributed by atoms with E-state index in [9.17, 15) is 4.79 Å². The molecule has 0 saturated carbocycles. The highest BCUT2D eigenvalue weighted by Crippen LogP contribution is 2.17. The standard InChI is InChI=1S/C13H14N4O2S/c1-17(8-12-14-9-15-16-12)13(19)11-6-5-10(20-11)4-2-3-7-18/h5-6,9,18H,3,7-8H2,1H3,(H,14,15,16). The Hall–Kier alpha value is -2.17. The second kappa shape index (κ2) is 6.84. The van der Waals surface area contributed by atoms with Crippen molar-refractivity contribution in [2.45, 2.75) is 13.0 Å². The highest BCUT2D eigenvalue weighted by Gasteiger charge is 2.15. The van der Waals surface area contributed by atoms with Crippen LogP contribution in [0.4, 0.5) is 0 Å². The van der Waals surface area contributed by atoms with Gasteiger partial charge >= 0.3 is 0 Å². The number of rotatable bonds is 4. The van der Waals surface area contributed by atoms with Crippen LogP contribution >= 0.6 is 11.3 Å². The molecule has 0 aromatic carbocycles. The van der Waals surface area contributed by atoms with E-state index in [1.165, 1.54) is 17.7 Å². The first-order valence-electron chi connectivity index (χ1n) is 6.00. The topological polar surface area (TPSA) is 82.1 Å². The maximum atomic E-state index is 12.2. The fourth-order valence-corrected chi connectivity index (χ4v) is 2.39. The Morgan fingerprint density at radius 2 is 2.40 bits per heavy atom. The molecule has 1 amide bonds. The average Bonchev–Trinajstić information content (AvgIpc) is 3.09. The smallest absolute Gasteiger partial charge is 0.264 e. The molecule has 2 heterocycles.